The molecular weight excluding hydrogens is 288 g/mol. The fourth-order valence-electron chi connectivity index (χ4n) is 2.22. The van der Waals surface area contributed by atoms with E-state index in [2.05, 4.69) is 4.74 Å². The second kappa shape index (κ2) is 6.85. The summed E-state index contributed by atoms with van der Waals surface area (Å²) >= 11 is 1.60. The average molecular weight is 308 g/mol. The molecule has 1 aliphatic rings. The molecule has 1 fully saturated rings. The molecule has 1 unspecified atom stereocenters. The summed E-state index contributed by atoms with van der Waals surface area (Å²) in [5.74, 6) is 0.244. The number of anilines is 1. The van der Waals surface area contributed by atoms with Crippen molar-refractivity contribution >= 4 is 29.3 Å². The maximum absolute atomic E-state index is 12.0. The van der Waals surface area contributed by atoms with Crippen molar-refractivity contribution in [1.29, 1.82) is 0 Å². The van der Waals surface area contributed by atoms with Gasteiger partial charge in [0.15, 0.2) is 0 Å². The van der Waals surface area contributed by atoms with Gasteiger partial charge in [0.1, 0.15) is 5.37 Å². The van der Waals surface area contributed by atoms with Crippen molar-refractivity contribution in [3.05, 3.63) is 29.8 Å². The van der Waals surface area contributed by atoms with Gasteiger partial charge in [-0.3, -0.25) is 9.59 Å². The summed E-state index contributed by atoms with van der Waals surface area (Å²) in [5.41, 5.74) is 2.20. The standard InChI is InChI=1S/C15H20N2O3S/c1-16(2)12-6-4-11(5-7-12)15-17(13(18)10-21-15)9-8-14(19)20-3/h4-7,15H,8-10H2,1-3H3. The van der Waals surface area contributed by atoms with Crippen LogP contribution >= 0.6 is 11.8 Å². The molecule has 0 spiro atoms. The second-order valence-electron chi connectivity index (χ2n) is 5.06. The highest BCUT2D eigenvalue weighted by molar-refractivity contribution is 8.00. The van der Waals surface area contributed by atoms with E-state index in [9.17, 15) is 9.59 Å². The summed E-state index contributed by atoms with van der Waals surface area (Å²) in [4.78, 5) is 27.0. The number of nitrogens with zero attached hydrogens (tertiary/aromatic N) is 2. The number of rotatable bonds is 5. The number of methoxy groups -OCH3 is 1. The minimum Gasteiger partial charge on any atom is -0.469 e. The van der Waals surface area contributed by atoms with E-state index in [1.165, 1.54) is 7.11 Å². The molecule has 1 atom stereocenters. The summed E-state index contributed by atoms with van der Waals surface area (Å²) < 4.78 is 4.64. The highest BCUT2D eigenvalue weighted by Crippen LogP contribution is 2.39. The third-order valence-corrected chi connectivity index (χ3v) is 4.70. The van der Waals surface area contributed by atoms with Crippen LogP contribution in [0.5, 0.6) is 0 Å². The largest absolute Gasteiger partial charge is 0.469 e. The van der Waals surface area contributed by atoms with E-state index in [0.717, 1.165) is 11.3 Å². The summed E-state index contributed by atoms with van der Waals surface area (Å²) in [6.07, 6.45) is 0.231. The van der Waals surface area contributed by atoms with Gasteiger partial charge >= 0.3 is 5.97 Å². The minimum absolute atomic E-state index is 0.0154. The first kappa shape index (κ1) is 15.7. The Kier molecular flexibility index (Phi) is 5.12. The lowest BCUT2D eigenvalue weighted by Gasteiger charge is -2.24. The number of hydrogen-bond acceptors (Lipinski definition) is 5. The third kappa shape index (κ3) is 3.69. The van der Waals surface area contributed by atoms with Crippen molar-refractivity contribution in [1.82, 2.24) is 4.90 Å². The van der Waals surface area contributed by atoms with E-state index in [1.807, 2.05) is 43.3 Å². The molecule has 1 aromatic rings. The molecule has 0 bridgehead atoms. The van der Waals surface area contributed by atoms with Crippen LogP contribution in [-0.4, -0.2) is 50.3 Å². The van der Waals surface area contributed by atoms with E-state index in [-0.39, 0.29) is 23.7 Å². The Hall–Kier alpha value is -1.69. The van der Waals surface area contributed by atoms with Gasteiger partial charge in [-0.15, -0.1) is 11.8 Å². The summed E-state index contributed by atoms with van der Waals surface area (Å²) in [6, 6.07) is 8.15. The van der Waals surface area contributed by atoms with Gasteiger partial charge in [0, 0.05) is 26.3 Å². The zero-order valence-electron chi connectivity index (χ0n) is 12.5. The van der Waals surface area contributed by atoms with Crippen molar-refractivity contribution < 1.29 is 14.3 Å². The Morgan fingerprint density at radius 1 is 1.38 bits per heavy atom. The molecule has 1 aromatic carbocycles. The number of ether oxygens (including phenoxy) is 1. The Morgan fingerprint density at radius 3 is 2.62 bits per heavy atom. The highest BCUT2D eigenvalue weighted by Gasteiger charge is 2.32. The Bertz CT molecular complexity index is 516. The second-order valence-corrected chi connectivity index (χ2v) is 6.13. The molecular formula is C15H20N2O3S. The lowest BCUT2D eigenvalue weighted by Crippen LogP contribution is -2.30. The van der Waals surface area contributed by atoms with Crippen LogP contribution in [-0.2, 0) is 14.3 Å². The molecule has 21 heavy (non-hydrogen) atoms. The number of carbonyl (C=O) groups is 2. The van der Waals surface area contributed by atoms with Crippen LogP contribution in [0.15, 0.2) is 24.3 Å². The van der Waals surface area contributed by atoms with Gasteiger partial charge in [-0.2, -0.15) is 0 Å². The average Bonchev–Trinajstić information content (AvgIpc) is 2.85. The summed E-state index contributed by atoms with van der Waals surface area (Å²) in [5, 5.41) is -0.0154. The maximum atomic E-state index is 12.0. The van der Waals surface area contributed by atoms with Gasteiger partial charge in [-0.05, 0) is 17.7 Å². The van der Waals surface area contributed by atoms with E-state index in [1.54, 1.807) is 16.7 Å². The van der Waals surface area contributed by atoms with Crippen LogP contribution in [0.25, 0.3) is 0 Å². The van der Waals surface area contributed by atoms with Crippen molar-refractivity contribution in [2.24, 2.45) is 0 Å². The van der Waals surface area contributed by atoms with Crippen LogP contribution in [0, 0.1) is 0 Å². The van der Waals surface area contributed by atoms with E-state index in [4.69, 9.17) is 0 Å². The lowest BCUT2D eigenvalue weighted by atomic mass is 10.1. The number of amides is 1. The van der Waals surface area contributed by atoms with Crippen LogP contribution in [0.3, 0.4) is 0 Å². The first-order valence-electron chi connectivity index (χ1n) is 6.78. The fraction of sp³-hybridized carbons (Fsp3) is 0.467. The molecule has 0 N–H and O–H groups in total. The smallest absolute Gasteiger partial charge is 0.307 e. The van der Waals surface area contributed by atoms with E-state index in [0.29, 0.717) is 12.3 Å². The Balaban J connectivity index is 2.09. The molecule has 0 aliphatic carbocycles. The number of benzene rings is 1. The van der Waals surface area contributed by atoms with Crippen LogP contribution in [0.4, 0.5) is 5.69 Å². The predicted octanol–water partition coefficient (Wildman–Crippen LogP) is 1.89. The molecule has 0 radical (unpaired) electrons. The van der Waals surface area contributed by atoms with E-state index >= 15 is 0 Å². The number of thioether (sulfide) groups is 1. The molecule has 1 aliphatic heterocycles. The number of carbonyl (C=O) groups excluding carboxylic acids is 2. The first-order chi connectivity index (χ1) is 10.0. The molecule has 1 heterocycles. The van der Waals surface area contributed by atoms with Crippen molar-refractivity contribution in [3.8, 4) is 0 Å². The SMILES string of the molecule is COC(=O)CCN1C(=O)CSC1c1ccc(N(C)C)cc1. The Morgan fingerprint density at radius 2 is 2.05 bits per heavy atom. The normalized spacial score (nSPS) is 18.0. The molecule has 1 saturated heterocycles. The number of hydrogen-bond donors (Lipinski definition) is 0. The van der Waals surface area contributed by atoms with Crippen molar-refractivity contribution in [2.75, 3.05) is 38.4 Å². The topological polar surface area (TPSA) is 49.9 Å². The fourth-order valence-corrected chi connectivity index (χ4v) is 3.44. The molecule has 1 amide bonds. The summed E-state index contributed by atoms with van der Waals surface area (Å²) in [6.45, 7) is 0.401. The van der Waals surface area contributed by atoms with Gasteiger partial charge in [-0.25, -0.2) is 0 Å². The van der Waals surface area contributed by atoms with Gasteiger partial charge < -0.3 is 14.5 Å². The highest BCUT2D eigenvalue weighted by atomic mass is 32.2. The number of esters is 1. The quantitative estimate of drug-likeness (QED) is 0.778. The zero-order valence-corrected chi connectivity index (χ0v) is 13.4. The molecule has 6 heteroatoms. The first-order valence-corrected chi connectivity index (χ1v) is 7.83. The van der Waals surface area contributed by atoms with Gasteiger partial charge in [0.05, 0.1) is 19.3 Å². The predicted molar refractivity (Wildman–Crippen MR) is 84.3 cm³/mol. The molecule has 0 aromatic heterocycles. The van der Waals surface area contributed by atoms with Crippen molar-refractivity contribution in [3.63, 3.8) is 0 Å². The molecule has 2 rings (SSSR count). The monoisotopic (exact) mass is 308 g/mol. The van der Waals surface area contributed by atoms with Gasteiger partial charge in [-0.1, -0.05) is 12.1 Å². The van der Waals surface area contributed by atoms with Gasteiger partial charge in [0.25, 0.3) is 0 Å². The molecule has 0 saturated carbocycles. The van der Waals surface area contributed by atoms with Gasteiger partial charge in [0.2, 0.25) is 5.91 Å². The van der Waals surface area contributed by atoms with Crippen LogP contribution in [0.2, 0.25) is 0 Å². The van der Waals surface area contributed by atoms with Crippen LogP contribution in [0.1, 0.15) is 17.4 Å². The summed E-state index contributed by atoms with van der Waals surface area (Å²) in [7, 11) is 5.34. The zero-order chi connectivity index (χ0) is 15.4. The van der Waals surface area contributed by atoms with Crippen molar-refractivity contribution in [2.45, 2.75) is 11.8 Å². The lowest BCUT2D eigenvalue weighted by molar-refractivity contribution is -0.141. The molecule has 5 nitrogen and oxygen atoms in total. The Labute approximate surface area is 129 Å². The van der Waals surface area contributed by atoms with Crippen LogP contribution < -0.4 is 4.90 Å². The maximum Gasteiger partial charge on any atom is 0.307 e. The van der Waals surface area contributed by atoms with E-state index < -0.39 is 0 Å². The minimum atomic E-state index is -0.290. The molecule has 114 valence electrons. The third-order valence-electron chi connectivity index (χ3n) is 3.45.